The van der Waals surface area contributed by atoms with Gasteiger partial charge in [0.2, 0.25) is 11.8 Å². The van der Waals surface area contributed by atoms with Gasteiger partial charge in [0.05, 0.1) is 13.1 Å². The number of carbonyl (C=O) groups is 4. The minimum absolute atomic E-state index is 0.129. The first-order valence-corrected chi connectivity index (χ1v) is 17.9. The van der Waals surface area contributed by atoms with Gasteiger partial charge in [-0.25, -0.2) is 22.8 Å². The van der Waals surface area contributed by atoms with Gasteiger partial charge in [-0.2, -0.15) is 0 Å². The van der Waals surface area contributed by atoms with Crippen molar-refractivity contribution >= 4 is 41.1 Å². The van der Waals surface area contributed by atoms with Crippen LogP contribution in [0.3, 0.4) is 0 Å². The third-order valence-electron chi connectivity index (χ3n) is 8.74. The topological polar surface area (TPSA) is 121 Å². The summed E-state index contributed by atoms with van der Waals surface area (Å²) >= 11 is 0. The van der Waals surface area contributed by atoms with Crippen molar-refractivity contribution in [2.45, 2.75) is 103 Å². The van der Waals surface area contributed by atoms with Crippen LogP contribution in [0.5, 0.6) is 0 Å². The summed E-state index contributed by atoms with van der Waals surface area (Å²) in [5, 5.41) is 5.56. The molecule has 0 unspecified atom stereocenters. The Morgan fingerprint density at radius 1 is 0.648 bits per heavy atom. The van der Waals surface area contributed by atoms with E-state index in [1.807, 2.05) is 29.2 Å². The molecule has 4 atom stereocenters. The van der Waals surface area contributed by atoms with E-state index in [2.05, 4.69) is 10.6 Å². The van der Waals surface area contributed by atoms with E-state index in [0.29, 0.717) is 24.5 Å². The molecule has 2 heterocycles. The number of anilines is 3. The normalized spacial score (nSPS) is 20.0. The lowest BCUT2D eigenvalue weighted by atomic mass is 10.1. The minimum atomic E-state index is -1.35. The van der Waals surface area contributed by atoms with Crippen LogP contribution in [0.25, 0.3) is 0 Å². The minimum Gasteiger partial charge on any atom is -0.444 e. The van der Waals surface area contributed by atoms with Gasteiger partial charge in [-0.15, -0.1) is 0 Å². The molecule has 2 fully saturated rings. The highest BCUT2D eigenvalue weighted by Crippen LogP contribution is 2.28. The van der Waals surface area contributed by atoms with Crippen molar-refractivity contribution in [3.05, 3.63) is 89.7 Å². The molecule has 54 heavy (non-hydrogen) atoms. The van der Waals surface area contributed by atoms with Gasteiger partial charge in [-0.05, 0) is 101 Å². The van der Waals surface area contributed by atoms with Crippen molar-refractivity contribution in [1.82, 2.24) is 9.80 Å². The van der Waals surface area contributed by atoms with Crippen molar-refractivity contribution in [3.8, 4) is 0 Å². The van der Waals surface area contributed by atoms with Gasteiger partial charge < -0.3 is 25.0 Å². The zero-order valence-electron chi connectivity index (χ0n) is 31.4. The van der Waals surface area contributed by atoms with Crippen molar-refractivity contribution in [1.29, 1.82) is 0 Å². The molecule has 2 N–H and O–H groups in total. The fraction of sp³-hybridized carbons (Fsp3) is 0.450. The number of alkyl halides is 2. The lowest BCUT2D eigenvalue weighted by Crippen LogP contribution is -2.45. The molecule has 5 rings (SSSR count). The number of likely N-dealkylation sites (tertiary alicyclic amines) is 2. The molecule has 11 nitrogen and oxygen atoms in total. The second kappa shape index (κ2) is 16.4. The van der Waals surface area contributed by atoms with Gasteiger partial charge in [0, 0.05) is 43.0 Å². The van der Waals surface area contributed by atoms with E-state index in [9.17, 15) is 32.3 Å². The summed E-state index contributed by atoms with van der Waals surface area (Å²) in [5.74, 6) is -1.41. The second-order valence-electron chi connectivity index (χ2n) is 15.7. The Hall–Kier alpha value is -5.27. The Morgan fingerprint density at radius 3 is 1.37 bits per heavy atom. The summed E-state index contributed by atoms with van der Waals surface area (Å²) in [6.45, 7) is 10.6. The summed E-state index contributed by atoms with van der Waals surface area (Å²) in [7, 11) is 0. The first-order chi connectivity index (χ1) is 25.3. The lowest BCUT2D eigenvalue weighted by Gasteiger charge is -2.28. The molecule has 290 valence electrons. The van der Waals surface area contributed by atoms with Gasteiger partial charge in [0.15, 0.2) is 0 Å². The molecular formula is C40H48F3N5O6. The number of halogens is 3. The van der Waals surface area contributed by atoms with Gasteiger partial charge >= 0.3 is 12.2 Å². The van der Waals surface area contributed by atoms with Crippen molar-refractivity contribution in [3.63, 3.8) is 0 Å². The maximum atomic E-state index is 14.3. The van der Waals surface area contributed by atoms with E-state index < -0.39 is 59.6 Å². The molecule has 0 aliphatic carbocycles. The fourth-order valence-corrected chi connectivity index (χ4v) is 6.28. The number of benzene rings is 3. The number of nitrogens with zero attached hydrogens (tertiary/aromatic N) is 3. The summed E-state index contributed by atoms with van der Waals surface area (Å²) < 4.78 is 53.3. The quantitative estimate of drug-likeness (QED) is 0.231. The van der Waals surface area contributed by atoms with Crippen LogP contribution in [-0.2, 0) is 32.2 Å². The molecule has 3 aromatic rings. The van der Waals surface area contributed by atoms with Gasteiger partial charge in [0.1, 0.15) is 41.4 Å². The van der Waals surface area contributed by atoms with Crippen LogP contribution < -0.4 is 15.5 Å². The van der Waals surface area contributed by atoms with Crippen LogP contribution in [-0.4, -0.2) is 82.5 Å². The molecule has 14 heteroatoms. The predicted molar refractivity (Wildman–Crippen MR) is 199 cm³/mol. The maximum absolute atomic E-state index is 14.3. The van der Waals surface area contributed by atoms with Crippen LogP contribution in [0, 0.1) is 5.82 Å². The molecule has 0 spiro atoms. The molecule has 2 saturated heterocycles. The van der Waals surface area contributed by atoms with Gasteiger partial charge in [0.25, 0.3) is 0 Å². The number of carbonyl (C=O) groups excluding carboxylic acids is 4. The fourth-order valence-electron chi connectivity index (χ4n) is 6.28. The highest BCUT2D eigenvalue weighted by molar-refractivity contribution is 5.97. The van der Waals surface area contributed by atoms with Crippen LogP contribution in [0.2, 0.25) is 0 Å². The first-order valence-electron chi connectivity index (χ1n) is 17.9. The SMILES string of the molecule is CC(C)(C)OC(=O)N1C[C@H](F)C[C@H]1C(=O)Nc1ccc(CN(Cc2ccc(NC(=O)[C@@H]3C[C@@H](F)CN3C(=O)OC(C)(C)C)cc2)c2ccc(F)cc2)cc1. The Morgan fingerprint density at radius 2 is 1.02 bits per heavy atom. The maximum Gasteiger partial charge on any atom is 0.411 e. The van der Waals surface area contributed by atoms with Crippen molar-refractivity contribution < 1.29 is 41.8 Å². The average molecular weight is 752 g/mol. The Kier molecular flexibility index (Phi) is 12.1. The summed E-state index contributed by atoms with van der Waals surface area (Å²) in [5.41, 5.74) is 1.84. The van der Waals surface area contributed by atoms with E-state index in [4.69, 9.17) is 9.47 Å². The van der Waals surface area contributed by atoms with Gasteiger partial charge in [-0.1, -0.05) is 24.3 Å². The zero-order valence-corrected chi connectivity index (χ0v) is 31.4. The molecule has 0 radical (unpaired) electrons. The number of nitrogens with one attached hydrogen (secondary N) is 2. The molecular weight excluding hydrogens is 703 g/mol. The molecule has 0 aromatic heterocycles. The Balaban J connectivity index is 1.23. The standard InChI is InChI=1S/C40H48F3N5O6/c1-39(2,3)53-37(51)47-23-28(42)19-33(47)35(49)44-30-13-7-25(8-14-30)21-46(32-17-11-27(41)12-18-32)22-26-9-15-31(16-10-26)45-36(50)34-20-29(43)24-48(34)38(52)54-40(4,5)6/h7-18,28-29,33-34H,19-24H2,1-6H3,(H,44,49)(H,45,50)/t28-,29-,33+,34+/m1/s1. The number of hydrogen-bond donors (Lipinski definition) is 2. The lowest BCUT2D eigenvalue weighted by molar-refractivity contribution is -0.121. The van der Waals surface area contributed by atoms with E-state index in [-0.39, 0.29) is 31.7 Å². The van der Waals surface area contributed by atoms with Crippen LogP contribution in [0.1, 0.15) is 65.5 Å². The number of amides is 4. The first kappa shape index (κ1) is 39.9. The Bertz CT molecular complexity index is 1690. The van der Waals surface area contributed by atoms with Crippen molar-refractivity contribution in [2.75, 3.05) is 28.6 Å². The number of hydrogen-bond acceptors (Lipinski definition) is 7. The predicted octanol–water partition coefficient (Wildman–Crippen LogP) is 7.60. The van der Waals surface area contributed by atoms with E-state index in [0.717, 1.165) is 26.6 Å². The van der Waals surface area contributed by atoms with Crippen LogP contribution in [0.4, 0.5) is 39.8 Å². The summed E-state index contributed by atoms with van der Waals surface area (Å²) in [6, 6.07) is 18.2. The third kappa shape index (κ3) is 10.9. The molecule has 3 aromatic carbocycles. The number of ether oxygens (including phenoxy) is 2. The molecule has 2 aliphatic heterocycles. The van der Waals surface area contributed by atoms with Crippen molar-refractivity contribution in [2.24, 2.45) is 0 Å². The monoisotopic (exact) mass is 751 g/mol. The largest absolute Gasteiger partial charge is 0.444 e. The molecule has 0 bridgehead atoms. The molecule has 2 aliphatic rings. The van der Waals surface area contributed by atoms with E-state index in [1.165, 1.54) is 12.1 Å². The Labute approximate surface area is 313 Å². The molecule has 0 saturated carbocycles. The van der Waals surface area contributed by atoms with Gasteiger partial charge in [-0.3, -0.25) is 19.4 Å². The van der Waals surface area contributed by atoms with Crippen LogP contribution >= 0.6 is 0 Å². The highest BCUT2D eigenvalue weighted by atomic mass is 19.1. The summed E-state index contributed by atoms with van der Waals surface area (Å²) in [4.78, 5) is 55.9. The average Bonchev–Trinajstić information content (AvgIpc) is 3.68. The highest BCUT2D eigenvalue weighted by Gasteiger charge is 2.43. The van der Waals surface area contributed by atoms with E-state index >= 15 is 0 Å². The molecule has 4 amide bonds. The number of rotatable bonds is 9. The smallest absolute Gasteiger partial charge is 0.411 e. The summed E-state index contributed by atoms with van der Waals surface area (Å²) in [6.07, 6.45) is -4.44. The second-order valence-corrected chi connectivity index (χ2v) is 15.7. The zero-order chi connectivity index (χ0) is 39.4. The van der Waals surface area contributed by atoms with E-state index in [1.54, 1.807) is 77.9 Å². The van der Waals surface area contributed by atoms with Crippen LogP contribution in [0.15, 0.2) is 72.8 Å². The third-order valence-corrected chi connectivity index (χ3v) is 8.74.